The van der Waals surface area contributed by atoms with Crippen LogP contribution in [0.5, 0.6) is 0 Å². The van der Waals surface area contributed by atoms with Crippen LogP contribution in [0, 0.1) is 0 Å². The summed E-state index contributed by atoms with van der Waals surface area (Å²) in [6, 6.07) is 11.4. The van der Waals surface area contributed by atoms with Crippen molar-refractivity contribution >= 4 is 49.1 Å². The van der Waals surface area contributed by atoms with Crippen molar-refractivity contribution < 1.29 is 13.2 Å². The number of halogens is 1. The second kappa shape index (κ2) is 8.50. The van der Waals surface area contributed by atoms with E-state index >= 15 is 0 Å². The fourth-order valence-corrected chi connectivity index (χ4v) is 5.60. The molecule has 0 atom stereocenters. The van der Waals surface area contributed by atoms with Crippen LogP contribution >= 0.6 is 22.9 Å². The minimum absolute atomic E-state index is 0.0280. The van der Waals surface area contributed by atoms with Gasteiger partial charge in [0.15, 0.2) is 0 Å². The van der Waals surface area contributed by atoms with Gasteiger partial charge in [-0.2, -0.15) is 0 Å². The first kappa shape index (κ1) is 21.0. The highest BCUT2D eigenvalue weighted by Gasteiger charge is 2.21. The molecule has 1 aliphatic heterocycles. The maximum absolute atomic E-state index is 12.7. The van der Waals surface area contributed by atoms with Gasteiger partial charge in [0, 0.05) is 24.7 Å². The van der Waals surface area contributed by atoms with Crippen LogP contribution in [-0.2, 0) is 27.9 Å². The molecular weight excluding hydrogens is 446 g/mol. The van der Waals surface area contributed by atoms with Gasteiger partial charge in [0.05, 0.1) is 15.1 Å². The third-order valence-electron chi connectivity index (χ3n) is 5.08. The molecule has 0 radical (unpaired) electrons. The number of amides is 1. The van der Waals surface area contributed by atoms with Crippen LogP contribution in [0.25, 0.3) is 10.2 Å². The second-order valence-electron chi connectivity index (χ2n) is 7.12. The van der Waals surface area contributed by atoms with Crippen LogP contribution in [0.2, 0.25) is 5.02 Å². The number of aromatic nitrogens is 1. The molecule has 3 aromatic rings. The largest absolute Gasteiger partial charge is 0.341 e. The maximum atomic E-state index is 12.7. The van der Waals surface area contributed by atoms with E-state index in [4.69, 9.17) is 11.6 Å². The highest BCUT2D eigenvalue weighted by molar-refractivity contribution is 7.89. The van der Waals surface area contributed by atoms with Crippen molar-refractivity contribution in [2.24, 2.45) is 0 Å². The normalized spacial score (nSPS) is 14.5. The quantitative estimate of drug-likeness (QED) is 0.606. The molecule has 158 valence electrons. The van der Waals surface area contributed by atoms with Gasteiger partial charge in [0.25, 0.3) is 0 Å². The number of thiazole rings is 1. The van der Waals surface area contributed by atoms with E-state index < -0.39 is 10.0 Å². The van der Waals surface area contributed by atoms with Crippen molar-refractivity contribution in [2.45, 2.75) is 30.8 Å². The Hall–Kier alpha value is -2.20. The van der Waals surface area contributed by atoms with Gasteiger partial charge in [-0.25, -0.2) is 13.1 Å². The number of benzene rings is 2. The summed E-state index contributed by atoms with van der Waals surface area (Å²) in [5, 5.41) is 0.578. The van der Waals surface area contributed by atoms with Gasteiger partial charge in [0.1, 0.15) is 6.54 Å². The summed E-state index contributed by atoms with van der Waals surface area (Å²) < 4.78 is 29.9. The molecule has 1 aliphatic rings. The van der Waals surface area contributed by atoms with E-state index in [2.05, 4.69) is 4.72 Å². The van der Waals surface area contributed by atoms with Gasteiger partial charge in [-0.1, -0.05) is 35.1 Å². The fraction of sp³-hybridized carbons (Fsp3) is 0.300. The van der Waals surface area contributed by atoms with E-state index in [1.165, 1.54) is 16.7 Å². The third-order valence-corrected chi connectivity index (χ3v) is 7.67. The Bertz CT molecular complexity index is 1240. The summed E-state index contributed by atoms with van der Waals surface area (Å²) in [5.74, 6) is -0.0874. The number of sulfonamides is 1. The number of hydrogen-bond donors (Lipinski definition) is 1. The van der Waals surface area contributed by atoms with Crippen molar-refractivity contribution in [3.8, 4) is 0 Å². The molecule has 1 fully saturated rings. The van der Waals surface area contributed by atoms with Crippen LogP contribution in [0.3, 0.4) is 0 Å². The van der Waals surface area contributed by atoms with E-state index in [1.807, 2.05) is 0 Å². The van der Waals surface area contributed by atoms with Gasteiger partial charge < -0.3 is 4.90 Å². The van der Waals surface area contributed by atoms with Crippen molar-refractivity contribution in [2.75, 3.05) is 13.1 Å². The fourth-order valence-electron chi connectivity index (χ4n) is 3.43. The summed E-state index contributed by atoms with van der Waals surface area (Å²) in [6.07, 6.45) is 1.96. The zero-order valence-corrected chi connectivity index (χ0v) is 18.4. The molecule has 2 aromatic carbocycles. The van der Waals surface area contributed by atoms with Crippen molar-refractivity contribution in [3.63, 3.8) is 0 Å². The number of nitrogens with one attached hydrogen (secondary N) is 1. The lowest BCUT2D eigenvalue weighted by molar-refractivity contribution is -0.130. The molecule has 0 spiro atoms. The Morgan fingerprint density at radius 2 is 1.80 bits per heavy atom. The molecule has 10 heteroatoms. The van der Waals surface area contributed by atoms with Gasteiger partial charge >= 0.3 is 4.87 Å². The number of rotatable bonds is 6. The molecule has 1 N–H and O–H groups in total. The standard InChI is InChI=1S/C20H20ClN3O4S2/c21-15-5-3-14(4-6-15)12-22-30(27,28)16-7-8-17-18(11-16)29-20(26)24(17)13-19(25)23-9-1-2-10-23/h3-8,11,22H,1-2,9-10,12-13H2. The van der Waals surface area contributed by atoms with Gasteiger partial charge in [-0.15, -0.1) is 0 Å². The lowest BCUT2D eigenvalue weighted by atomic mass is 10.2. The molecule has 4 rings (SSSR count). The van der Waals surface area contributed by atoms with Crippen molar-refractivity contribution in [3.05, 3.63) is 62.7 Å². The molecule has 0 bridgehead atoms. The predicted octanol–water partition coefficient (Wildman–Crippen LogP) is 2.82. The smallest absolute Gasteiger partial charge is 0.308 e. The molecule has 1 saturated heterocycles. The highest BCUT2D eigenvalue weighted by atomic mass is 35.5. The molecular formula is C20H20ClN3O4S2. The Morgan fingerprint density at radius 3 is 2.50 bits per heavy atom. The first-order chi connectivity index (χ1) is 14.3. The highest BCUT2D eigenvalue weighted by Crippen LogP contribution is 2.22. The molecule has 0 aliphatic carbocycles. The lowest BCUT2D eigenvalue weighted by Gasteiger charge is -2.15. The van der Waals surface area contributed by atoms with Gasteiger partial charge in [0.2, 0.25) is 15.9 Å². The number of carbonyl (C=O) groups is 1. The summed E-state index contributed by atoms with van der Waals surface area (Å²) in [4.78, 5) is 26.4. The average Bonchev–Trinajstić information content (AvgIpc) is 3.36. The molecule has 0 saturated carbocycles. The summed E-state index contributed by atoms with van der Waals surface area (Å²) in [6.45, 7) is 1.54. The summed E-state index contributed by atoms with van der Waals surface area (Å²) in [7, 11) is -3.76. The number of hydrogen-bond acceptors (Lipinski definition) is 5. The molecule has 2 heterocycles. The van der Waals surface area contributed by atoms with Crippen LogP contribution < -0.4 is 9.60 Å². The van der Waals surface area contributed by atoms with Gasteiger partial charge in [-0.3, -0.25) is 14.2 Å². The number of likely N-dealkylation sites (tertiary alicyclic amines) is 1. The number of nitrogens with zero attached hydrogens (tertiary/aromatic N) is 2. The Balaban J connectivity index is 1.55. The minimum Gasteiger partial charge on any atom is -0.341 e. The van der Waals surface area contributed by atoms with Crippen molar-refractivity contribution in [1.82, 2.24) is 14.2 Å². The van der Waals surface area contributed by atoms with E-state index in [9.17, 15) is 18.0 Å². The summed E-state index contributed by atoms with van der Waals surface area (Å²) >= 11 is 6.79. The topological polar surface area (TPSA) is 88.5 Å². The first-order valence-electron chi connectivity index (χ1n) is 9.49. The van der Waals surface area contributed by atoms with Gasteiger partial charge in [-0.05, 0) is 48.7 Å². The maximum Gasteiger partial charge on any atom is 0.308 e. The number of carbonyl (C=O) groups excluding carboxylic acids is 1. The van der Waals surface area contributed by atoms with Crippen LogP contribution in [0.4, 0.5) is 0 Å². The third kappa shape index (κ3) is 4.44. The predicted molar refractivity (Wildman–Crippen MR) is 117 cm³/mol. The molecule has 7 nitrogen and oxygen atoms in total. The van der Waals surface area contributed by atoms with E-state index in [1.54, 1.807) is 35.2 Å². The summed E-state index contributed by atoms with van der Waals surface area (Å²) in [5.41, 5.74) is 1.34. The van der Waals surface area contributed by atoms with E-state index in [0.717, 1.165) is 42.8 Å². The van der Waals surface area contributed by atoms with Crippen LogP contribution in [0.1, 0.15) is 18.4 Å². The lowest BCUT2D eigenvalue weighted by Crippen LogP contribution is -2.33. The minimum atomic E-state index is -3.76. The first-order valence-corrected chi connectivity index (χ1v) is 12.2. The number of fused-ring (bicyclic) bond motifs is 1. The SMILES string of the molecule is O=C(Cn1c(=O)sc2cc(S(=O)(=O)NCc3ccc(Cl)cc3)ccc21)N1CCCC1. The molecule has 1 amide bonds. The second-order valence-corrected chi connectivity index (χ2v) is 10.3. The van der Waals surface area contributed by atoms with Crippen LogP contribution in [0.15, 0.2) is 52.2 Å². The molecule has 30 heavy (non-hydrogen) atoms. The Kier molecular flexibility index (Phi) is 5.97. The average molecular weight is 466 g/mol. The monoisotopic (exact) mass is 465 g/mol. The van der Waals surface area contributed by atoms with E-state index in [0.29, 0.717) is 15.2 Å². The molecule has 0 unspecified atom stereocenters. The molecule has 1 aromatic heterocycles. The zero-order valence-electron chi connectivity index (χ0n) is 16.0. The van der Waals surface area contributed by atoms with E-state index in [-0.39, 0.29) is 28.8 Å². The Morgan fingerprint density at radius 1 is 1.10 bits per heavy atom. The Labute approximate surface area is 182 Å². The van der Waals surface area contributed by atoms with Crippen molar-refractivity contribution in [1.29, 1.82) is 0 Å². The van der Waals surface area contributed by atoms with Crippen LogP contribution in [-0.4, -0.2) is 36.9 Å². The zero-order chi connectivity index (χ0) is 21.3.